The number of rotatable bonds is 6. The summed E-state index contributed by atoms with van der Waals surface area (Å²) < 4.78 is 5.89. The summed E-state index contributed by atoms with van der Waals surface area (Å²) in [6.07, 6.45) is 2.86. The van der Waals surface area contributed by atoms with Crippen molar-refractivity contribution in [1.82, 2.24) is 15.8 Å². The van der Waals surface area contributed by atoms with E-state index in [1.54, 1.807) is 11.3 Å². The van der Waals surface area contributed by atoms with Crippen molar-refractivity contribution in [2.45, 2.75) is 38.0 Å². The number of amides is 1. The van der Waals surface area contributed by atoms with E-state index in [0.717, 1.165) is 39.0 Å². The molecule has 3 heterocycles. The van der Waals surface area contributed by atoms with Crippen LogP contribution >= 0.6 is 11.3 Å². The summed E-state index contributed by atoms with van der Waals surface area (Å²) in [5.74, 6) is 0.775. The average Bonchev–Trinajstić information content (AvgIpc) is 3.41. The maximum atomic E-state index is 12.8. The predicted octanol–water partition coefficient (Wildman–Crippen LogP) is 3.11. The Morgan fingerprint density at radius 2 is 1.93 bits per heavy atom. The molecule has 1 aromatic heterocycles. The lowest BCUT2D eigenvalue weighted by molar-refractivity contribution is -0.134. The lowest BCUT2D eigenvalue weighted by atomic mass is 9.97. The van der Waals surface area contributed by atoms with Gasteiger partial charge in [-0.05, 0) is 42.2 Å². The molecule has 0 aliphatic carbocycles. The van der Waals surface area contributed by atoms with Gasteiger partial charge in [0.2, 0.25) is 5.91 Å². The van der Waals surface area contributed by atoms with Crippen LogP contribution in [0.1, 0.15) is 35.7 Å². The summed E-state index contributed by atoms with van der Waals surface area (Å²) in [7, 11) is 0. The second-order valence-electron chi connectivity index (χ2n) is 7.41. The van der Waals surface area contributed by atoms with Gasteiger partial charge in [0.25, 0.3) is 0 Å². The zero-order chi connectivity index (χ0) is 18.5. The molecule has 1 aromatic carbocycles. The lowest BCUT2D eigenvalue weighted by Gasteiger charge is -2.33. The molecule has 2 atom stereocenters. The van der Waals surface area contributed by atoms with Gasteiger partial charge in [0.15, 0.2) is 0 Å². The van der Waals surface area contributed by atoms with E-state index in [2.05, 4.69) is 40.5 Å². The number of nitrogens with zero attached hydrogens (tertiary/aromatic N) is 1. The van der Waals surface area contributed by atoms with Crippen LogP contribution in [0.15, 0.2) is 47.8 Å². The molecule has 0 saturated carbocycles. The van der Waals surface area contributed by atoms with E-state index < -0.39 is 0 Å². The molecule has 0 spiro atoms. The number of hydrogen-bond donors (Lipinski definition) is 2. The number of hydrogen-bond acceptors (Lipinski definition) is 5. The zero-order valence-corrected chi connectivity index (χ0v) is 16.3. The van der Waals surface area contributed by atoms with E-state index in [1.165, 1.54) is 10.4 Å². The summed E-state index contributed by atoms with van der Waals surface area (Å²) in [5.41, 5.74) is 7.68. The minimum atomic E-state index is -0.122. The van der Waals surface area contributed by atoms with Crippen LogP contribution in [-0.2, 0) is 16.1 Å². The molecule has 2 saturated heterocycles. The Kier molecular flexibility index (Phi) is 6.19. The first-order chi connectivity index (χ1) is 13.3. The van der Waals surface area contributed by atoms with Crippen LogP contribution in [0, 0.1) is 5.92 Å². The van der Waals surface area contributed by atoms with E-state index in [1.807, 2.05) is 23.1 Å². The van der Waals surface area contributed by atoms with Crippen LogP contribution < -0.4 is 10.9 Å². The van der Waals surface area contributed by atoms with Gasteiger partial charge in [0.1, 0.15) is 6.04 Å². The first kappa shape index (κ1) is 18.6. The molecular weight excluding hydrogens is 358 g/mol. The van der Waals surface area contributed by atoms with Gasteiger partial charge in [0.05, 0.1) is 12.6 Å². The lowest BCUT2D eigenvalue weighted by Crippen LogP contribution is -2.48. The maximum absolute atomic E-state index is 12.8. The number of likely N-dealkylation sites (tertiary alicyclic amines) is 1. The molecule has 1 amide bonds. The third-order valence-electron chi connectivity index (χ3n) is 5.48. The van der Waals surface area contributed by atoms with Gasteiger partial charge in [-0.25, -0.2) is 10.9 Å². The Labute approximate surface area is 164 Å². The van der Waals surface area contributed by atoms with Crippen LogP contribution in [0.25, 0.3) is 0 Å². The summed E-state index contributed by atoms with van der Waals surface area (Å²) in [4.78, 5) is 16.1. The normalized spacial score (nSPS) is 23.6. The van der Waals surface area contributed by atoms with E-state index in [-0.39, 0.29) is 18.0 Å². The first-order valence-corrected chi connectivity index (χ1v) is 10.6. The minimum Gasteiger partial charge on any atom is -0.376 e. The summed E-state index contributed by atoms with van der Waals surface area (Å²) >= 11 is 1.73. The van der Waals surface area contributed by atoms with Crippen molar-refractivity contribution in [3.8, 4) is 0 Å². The van der Waals surface area contributed by atoms with Gasteiger partial charge in [-0.3, -0.25) is 4.79 Å². The number of piperidine rings is 1. The summed E-state index contributed by atoms with van der Waals surface area (Å²) in [6.45, 7) is 3.11. The van der Waals surface area contributed by atoms with Gasteiger partial charge in [-0.1, -0.05) is 36.4 Å². The van der Waals surface area contributed by atoms with E-state index in [4.69, 9.17) is 4.74 Å². The van der Waals surface area contributed by atoms with Crippen molar-refractivity contribution in [3.63, 3.8) is 0 Å². The monoisotopic (exact) mass is 385 g/mol. The molecule has 5 nitrogen and oxygen atoms in total. The van der Waals surface area contributed by atoms with Gasteiger partial charge >= 0.3 is 0 Å². The number of ether oxygens (including phenoxy) is 1. The Bertz CT molecular complexity index is 714. The van der Waals surface area contributed by atoms with Crippen LogP contribution in [0.4, 0.5) is 0 Å². The largest absolute Gasteiger partial charge is 0.376 e. The maximum Gasteiger partial charge on any atom is 0.241 e. The summed E-state index contributed by atoms with van der Waals surface area (Å²) in [5, 5.41) is 2.08. The third kappa shape index (κ3) is 4.76. The molecule has 2 N–H and O–H groups in total. The molecule has 27 heavy (non-hydrogen) atoms. The SMILES string of the molecule is O=C(C1CC(c2cccs2)NN1)N1CCC(COCc2ccccc2)CC1. The van der Waals surface area contributed by atoms with Crippen LogP contribution in [0.3, 0.4) is 0 Å². The van der Waals surface area contributed by atoms with Gasteiger partial charge in [0, 0.05) is 24.6 Å². The third-order valence-corrected chi connectivity index (χ3v) is 6.47. The number of benzene rings is 1. The zero-order valence-electron chi connectivity index (χ0n) is 15.5. The van der Waals surface area contributed by atoms with Crippen molar-refractivity contribution in [2.75, 3.05) is 19.7 Å². The highest BCUT2D eigenvalue weighted by Gasteiger charge is 2.34. The fourth-order valence-corrected chi connectivity index (χ4v) is 4.64. The number of carbonyl (C=O) groups excluding carboxylic acids is 1. The number of carbonyl (C=O) groups is 1. The smallest absolute Gasteiger partial charge is 0.241 e. The minimum absolute atomic E-state index is 0.122. The molecule has 144 valence electrons. The van der Waals surface area contributed by atoms with Crippen molar-refractivity contribution in [3.05, 3.63) is 58.3 Å². The fraction of sp³-hybridized carbons (Fsp3) is 0.476. The quantitative estimate of drug-likeness (QED) is 0.802. The van der Waals surface area contributed by atoms with Crippen molar-refractivity contribution >= 4 is 17.2 Å². The Morgan fingerprint density at radius 1 is 1.11 bits per heavy atom. The predicted molar refractivity (Wildman–Crippen MR) is 107 cm³/mol. The molecule has 2 unspecified atom stereocenters. The standard InChI is InChI=1S/C21H27N3O2S/c25-21(19-13-18(22-23-19)20-7-4-12-27-20)24-10-8-17(9-11-24)15-26-14-16-5-2-1-3-6-16/h1-7,12,17-19,22-23H,8-11,13-15H2. The molecule has 2 fully saturated rings. The summed E-state index contributed by atoms with van der Waals surface area (Å²) in [6, 6.07) is 14.6. The number of thiophene rings is 1. The molecule has 0 radical (unpaired) electrons. The highest BCUT2D eigenvalue weighted by atomic mass is 32.1. The van der Waals surface area contributed by atoms with E-state index in [9.17, 15) is 4.79 Å². The number of nitrogens with one attached hydrogen (secondary N) is 2. The average molecular weight is 386 g/mol. The molecule has 2 aliphatic rings. The molecule has 2 aliphatic heterocycles. The molecule has 4 rings (SSSR count). The van der Waals surface area contributed by atoms with Crippen LogP contribution in [0.2, 0.25) is 0 Å². The van der Waals surface area contributed by atoms with Gasteiger partial charge < -0.3 is 9.64 Å². The number of hydrazine groups is 1. The van der Waals surface area contributed by atoms with Crippen molar-refractivity contribution < 1.29 is 9.53 Å². The second kappa shape index (κ2) is 8.97. The van der Waals surface area contributed by atoms with E-state index in [0.29, 0.717) is 12.5 Å². The molecule has 2 aromatic rings. The highest BCUT2D eigenvalue weighted by molar-refractivity contribution is 7.10. The topological polar surface area (TPSA) is 53.6 Å². The molecular formula is C21H27N3O2S. The Hall–Kier alpha value is -1.73. The van der Waals surface area contributed by atoms with Gasteiger partial charge in [-0.15, -0.1) is 11.3 Å². The van der Waals surface area contributed by atoms with Crippen LogP contribution in [0.5, 0.6) is 0 Å². The van der Waals surface area contributed by atoms with E-state index >= 15 is 0 Å². The second-order valence-corrected chi connectivity index (χ2v) is 8.39. The molecule has 6 heteroatoms. The van der Waals surface area contributed by atoms with Gasteiger partial charge in [-0.2, -0.15) is 0 Å². The Balaban J connectivity index is 1.18. The van der Waals surface area contributed by atoms with Crippen molar-refractivity contribution in [1.29, 1.82) is 0 Å². The Morgan fingerprint density at radius 3 is 2.67 bits per heavy atom. The highest BCUT2D eigenvalue weighted by Crippen LogP contribution is 2.27. The molecule has 0 bridgehead atoms. The van der Waals surface area contributed by atoms with Crippen molar-refractivity contribution in [2.24, 2.45) is 5.92 Å². The first-order valence-electron chi connectivity index (χ1n) is 9.74. The van der Waals surface area contributed by atoms with Crippen LogP contribution in [-0.4, -0.2) is 36.5 Å². The fourth-order valence-electron chi connectivity index (χ4n) is 3.85.